The molecule has 0 aliphatic heterocycles. The normalized spacial score (nSPS) is 12.7. The molecule has 0 amide bonds. The second-order valence-corrected chi connectivity index (χ2v) is 2.55. The lowest BCUT2D eigenvalue weighted by Crippen LogP contribution is -1.79. The van der Waals surface area contributed by atoms with E-state index in [1.165, 1.54) is 6.08 Å². The van der Waals surface area contributed by atoms with Gasteiger partial charge in [0.05, 0.1) is 0 Å². The van der Waals surface area contributed by atoms with E-state index in [9.17, 15) is 4.39 Å². The van der Waals surface area contributed by atoms with E-state index in [-0.39, 0.29) is 0 Å². The fourth-order valence-corrected chi connectivity index (χ4v) is 0.855. The van der Waals surface area contributed by atoms with Crippen LogP contribution in [0.3, 0.4) is 0 Å². The maximum absolute atomic E-state index is 12.3. The third kappa shape index (κ3) is 4.96. The predicted octanol–water partition coefficient (Wildman–Crippen LogP) is 4.10. The second-order valence-electron chi connectivity index (χ2n) is 2.55. The van der Waals surface area contributed by atoms with E-state index < -0.39 is 5.83 Å². The molecule has 0 unspecified atom stereocenters. The van der Waals surface area contributed by atoms with Crippen LogP contribution in [0.4, 0.5) is 4.39 Å². The molecule has 0 N–H and O–H groups in total. The molecule has 0 aromatic rings. The highest BCUT2D eigenvalue weighted by Crippen LogP contribution is 2.11. The van der Waals surface area contributed by atoms with Crippen LogP contribution >= 0.6 is 0 Å². The molecule has 0 atom stereocenters. The molecule has 13 heavy (non-hydrogen) atoms. The standard InChI is InChI=1S/C12H15F/c1-5-7-12(6-2)10(3)8-9-11(4)13/h5-9H,3-4H2,1-2H3. The van der Waals surface area contributed by atoms with E-state index in [1.54, 1.807) is 6.08 Å². The van der Waals surface area contributed by atoms with Gasteiger partial charge in [-0.05, 0) is 31.1 Å². The monoisotopic (exact) mass is 178 g/mol. The highest BCUT2D eigenvalue weighted by Gasteiger charge is 1.92. The number of rotatable bonds is 4. The first-order valence-electron chi connectivity index (χ1n) is 4.12. The lowest BCUT2D eigenvalue weighted by molar-refractivity contribution is 0.671. The summed E-state index contributed by atoms with van der Waals surface area (Å²) < 4.78 is 12.3. The first-order chi connectivity index (χ1) is 6.11. The second kappa shape index (κ2) is 6.18. The Morgan fingerprint density at radius 1 is 1.08 bits per heavy atom. The molecule has 0 aromatic heterocycles. The number of halogens is 1. The van der Waals surface area contributed by atoms with Crippen molar-refractivity contribution in [2.75, 3.05) is 0 Å². The van der Waals surface area contributed by atoms with Crippen molar-refractivity contribution in [1.29, 1.82) is 0 Å². The molecule has 70 valence electrons. The zero-order chi connectivity index (χ0) is 10.3. The molecule has 0 heterocycles. The van der Waals surface area contributed by atoms with Crippen molar-refractivity contribution in [1.82, 2.24) is 0 Å². The highest BCUT2D eigenvalue weighted by molar-refractivity contribution is 5.44. The zero-order valence-electron chi connectivity index (χ0n) is 8.18. The Hall–Kier alpha value is -1.37. The fraction of sp³-hybridized carbons (Fsp3) is 0.167. The van der Waals surface area contributed by atoms with Gasteiger partial charge in [-0.3, -0.25) is 0 Å². The summed E-state index contributed by atoms with van der Waals surface area (Å²) in [6.45, 7) is 10.8. The van der Waals surface area contributed by atoms with Crippen LogP contribution in [0.25, 0.3) is 0 Å². The molecule has 0 nitrogen and oxygen atoms in total. The number of hydrogen-bond donors (Lipinski definition) is 0. The summed E-state index contributed by atoms with van der Waals surface area (Å²) >= 11 is 0. The van der Waals surface area contributed by atoms with Crippen LogP contribution in [-0.2, 0) is 0 Å². The van der Waals surface area contributed by atoms with Gasteiger partial charge in [-0.2, -0.15) is 0 Å². The third-order valence-electron chi connectivity index (χ3n) is 1.49. The average Bonchev–Trinajstić information content (AvgIpc) is 2.10. The van der Waals surface area contributed by atoms with Gasteiger partial charge in [-0.1, -0.05) is 37.5 Å². The molecule has 0 aliphatic rings. The Morgan fingerprint density at radius 2 is 1.69 bits per heavy atom. The van der Waals surface area contributed by atoms with Crippen LogP contribution in [0.15, 0.2) is 60.5 Å². The zero-order valence-corrected chi connectivity index (χ0v) is 8.18. The van der Waals surface area contributed by atoms with Gasteiger partial charge < -0.3 is 0 Å². The Bertz CT molecular complexity index is 277. The summed E-state index contributed by atoms with van der Waals surface area (Å²) in [4.78, 5) is 0. The predicted molar refractivity (Wildman–Crippen MR) is 57.1 cm³/mol. The van der Waals surface area contributed by atoms with Crippen molar-refractivity contribution in [3.8, 4) is 0 Å². The van der Waals surface area contributed by atoms with Gasteiger partial charge >= 0.3 is 0 Å². The van der Waals surface area contributed by atoms with Crippen molar-refractivity contribution in [3.05, 3.63) is 60.5 Å². The molecule has 0 fully saturated rings. The SMILES string of the molecule is C=C(F)C=CC(=C)C(C=CC)=CC. The lowest BCUT2D eigenvalue weighted by Gasteiger charge is -1.99. The van der Waals surface area contributed by atoms with Crippen molar-refractivity contribution in [3.63, 3.8) is 0 Å². The van der Waals surface area contributed by atoms with Crippen LogP contribution in [-0.4, -0.2) is 0 Å². The smallest absolute Gasteiger partial charge is 0.116 e. The van der Waals surface area contributed by atoms with Gasteiger partial charge in [0.25, 0.3) is 0 Å². The Labute approximate surface area is 79.5 Å². The third-order valence-corrected chi connectivity index (χ3v) is 1.49. The maximum Gasteiger partial charge on any atom is 0.116 e. The Kier molecular flexibility index (Phi) is 5.53. The minimum absolute atomic E-state index is 0.461. The van der Waals surface area contributed by atoms with E-state index >= 15 is 0 Å². The van der Waals surface area contributed by atoms with Crippen molar-refractivity contribution < 1.29 is 4.39 Å². The molecule has 0 radical (unpaired) electrons. The summed E-state index contributed by atoms with van der Waals surface area (Å²) in [5.74, 6) is -0.461. The summed E-state index contributed by atoms with van der Waals surface area (Å²) in [5, 5.41) is 0. The van der Waals surface area contributed by atoms with Crippen LogP contribution in [0.2, 0.25) is 0 Å². The number of allylic oxidation sites excluding steroid dienone is 8. The van der Waals surface area contributed by atoms with Crippen LogP contribution in [0.5, 0.6) is 0 Å². The van der Waals surface area contributed by atoms with Gasteiger partial charge in [0.15, 0.2) is 0 Å². The molecular weight excluding hydrogens is 163 g/mol. The lowest BCUT2D eigenvalue weighted by atomic mass is 10.1. The van der Waals surface area contributed by atoms with Gasteiger partial charge in [-0.15, -0.1) is 0 Å². The van der Waals surface area contributed by atoms with Crippen LogP contribution in [0.1, 0.15) is 13.8 Å². The summed E-state index contributed by atoms with van der Waals surface area (Å²) in [6, 6.07) is 0. The van der Waals surface area contributed by atoms with E-state index in [1.807, 2.05) is 32.1 Å². The maximum atomic E-state index is 12.3. The van der Waals surface area contributed by atoms with Crippen molar-refractivity contribution in [2.24, 2.45) is 0 Å². The average molecular weight is 178 g/mol. The fourth-order valence-electron chi connectivity index (χ4n) is 0.855. The van der Waals surface area contributed by atoms with Gasteiger partial charge in [0.2, 0.25) is 0 Å². The van der Waals surface area contributed by atoms with E-state index in [0.29, 0.717) is 0 Å². The minimum atomic E-state index is -0.461. The molecule has 0 spiro atoms. The van der Waals surface area contributed by atoms with Crippen LogP contribution in [0, 0.1) is 0 Å². The highest BCUT2D eigenvalue weighted by atomic mass is 19.1. The summed E-state index contributed by atoms with van der Waals surface area (Å²) in [5.41, 5.74) is 1.76. The van der Waals surface area contributed by atoms with Crippen molar-refractivity contribution in [2.45, 2.75) is 13.8 Å². The molecule has 0 bridgehead atoms. The first-order valence-corrected chi connectivity index (χ1v) is 4.12. The van der Waals surface area contributed by atoms with E-state index in [0.717, 1.165) is 11.1 Å². The molecular formula is C12H15F. The first kappa shape index (κ1) is 11.6. The largest absolute Gasteiger partial charge is 0.208 e. The van der Waals surface area contributed by atoms with Crippen molar-refractivity contribution >= 4 is 0 Å². The molecule has 0 saturated carbocycles. The molecule has 0 saturated heterocycles. The van der Waals surface area contributed by atoms with Gasteiger partial charge in [-0.25, -0.2) is 4.39 Å². The minimum Gasteiger partial charge on any atom is -0.208 e. The van der Waals surface area contributed by atoms with E-state index in [4.69, 9.17) is 0 Å². The Balaban J connectivity index is 4.50. The van der Waals surface area contributed by atoms with Gasteiger partial charge in [0, 0.05) is 0 Å². The molecule has 0 rings (SSSR count). The molecule has 0 aliphatic carbocycles. The molecule has 1 heteroatoms. The Morgan fingerprint density at radius 3 is 2.08 bits per heavy atom. The quantitative estimate of drug-likeness (QED) is 0.568. The summed E-state index contributed by atoms with van der Waals surface area (Å²) in [7, 11) is 0. The van der Waals surface area contributed by atoms with Gasteiger partial charge in [0.1, 0.15) is 5.83 Å². The summed E-state index contributed by atoms with van der Waals surface area (Å²) in [6.07, 6.45) is 8.67. The number of hydrogen-bond acceptors (Lipinski definition) is 0. The van der Waals surface area contributed by atoms with Crippen LogP contribution < -0.4 is 0 Å². The topological polar surface area (TPSA) is 0 Å². The molecule has 0 aromatic carbocycles. The van der Waals surface area contributed by atoms with E-state index in [2.05, 4.69) is 13.2 Å².